The van der Waals surface area contributed by atoms with Crippen molar-refractivity contribution in [2.75, 3.05) is 37.8 Å². The van der Waals surface area contributed by atoms with Crippen LogP contribution in [0.15, 0.2) is 61.3 Å². The van der Waals surface area contributed by atoms with Gasteiger partial charge in [-0.1, -0.05) is 81.1 Å². The number of phosphoric ester groups is 3. The zero-order valence-corrected chi connectivity index (χ0v) is 41.0. The first-order valence-corrected chi connectivity index (χ1v) is 26.6. The zero-order chi connectivity index (χ0) is 50.5. The van der Waals surface area contributed by atoms with Crippen LogP contribution < -0.4 is 35.9 Å². The van der Waals surface area contributed by atoms with E-state index in [1.165, 1.54) is 13.8 Å². The summed E-state index contributed by atoms with van der Waals surface area (Å²) in [5.41, 5.74) is 4.04. The van der Waals surface area contributed by atoms with Gasteiger partial charge in [0.2, 0.25) is 11.8 Å². The highest BCUT2D eigenvalue weighted by Gasteiger charge is 2.47. The SMILES string of the molecule is CC/C=C\C/C=C\C/C=C\C/C=C\CC[C@H](O)CC(=O)SCCNC(=O)CCNC(=O)[C@H](O)C(C)(C)COP(=O)([O-])OP(=O)([O-])OC[C@H]1O[C@@H](n2cnc3c(N)ncnc32)[C@H](O)[C@@H]1OP(=O)([O-])[O-]. The van der Waals surface area contributed by atoms with Gasteiger partial charge in [-0.15, -0.1) is 0 Å². The van der Waals surface area contributed by atoms with E-state index in [1.807, 2.05) is 12.2 Å². The van der Waals surface area contributed by atoms with Crippen molar-refractivity contribution in [3.8, 4) is 0 Å². The summed E-state index contributed by atoms with van der Waals surface area (Å²) in [6.45, 7) is 2.03. The van der Waals surface area contributed by atoms with Gasteiger partial charge in [-0.2, -0.15) is 0 Å². The molecule has 2 aromatic rings. The lowest BCUT2D eigenvalue weighted by Crippen LogP contribution is -2.46. The standard InChI is InChI=1S/C39H62N7O18P3S/c1-4-5-6-7-8-9-10-11-12-13-14-15-16-17-27(47)22-30(49)68-21-20-41-29(48)18-19-42-37(52)34(51)39(2,3)24-61-67(58,59)64-66(56,57)60-23-28-33(63-65(53,54)55)32(50)38(62-28)46-26-45-31-35(40)43-25-44-36(31)46/h5-6,8-9,11-12,14-15,25-28,32-34,38,47,50-51H,4,7,10,13,16-24H2,1-3H3,(H,41,48)(H,42,52)(H,56,57)(H,58,59)(H2,40,43,44)(H2,53,54,55)/p-4/b6-5-,9-8-,12-11-,15-14-/t27-,28+,32+,33+,34-,38+/m0/s1. The minimum atomic E-state index is -5.94. The number of hydrogen-bond donors (Lipinski definition) is 6. The molecule has 8 atom stereocenters. The Morgan fingerprint density at radius 3 is 2.22 bits per heavy atom. The van der Waals surface area contributed by atoms with Gasteiger partial charge in [0.15, 0.2) is 22.8 Å². The number of anilines is 1. The Hall–Kier alpha value is -3.52. The van der Waals surface area contributed by atoms with Gasteiger partial charge in [0.05, 0.1) is 33.5 Å². The number of nitrogens with two attached hydrogens (primary N) is 1. The van der Waals surface area contributed by atoms with Crippen LogP contribution in [0.4, 0.5) is 5.82 Å². The van der Waals surface area contributed by atoms with Gasteiger partial charge in [-0.05, 0) is 38.5 Å². The molecule has 1 aliphatic heterocycles. The third-order valence-electron chi connectivity index (χ3n) is 9.53. The molecular formula is C39H58N7O18P3S-4. The molecular weight excluding hydrogens is 979 g/mol. The van der Waals surface area contributed by atoms with Crippen LogP contribution in [0, 0.1) is 5.41 Å². The van der Waals surface area contributed by atoms with E-state index < -0.39 is 90.7 Å². The van der Waals surface area contributed by atoms with E-state index in [0.29, 0.717) is 12.8 Å². The topological polar surface area (TPSA) is 395 Å². The number of allylic oxidation sites excluding steroid dienone is 8. The van der Waals surface area contributed by atoms with Gasteiger partial charge in [0.25, 0.3) is 15.6 Å². The normalized spacial score (nSPS) is 20.9. The number of hydrogen-bond acceptors (Lipinski definition) is 23. The maximum absolute atomic E-state index is 12.6. The van der Waals surface area contributed by atoms with Crippen LogP contribution >= 0.6 is 35.2 Å². The number of nitrogens with zero attached hydrogens (tertiary/aromatic N) is 4. The average molecular weight is 1040 g/mol. The summed E-state index contributed by atoms with van der Waals surface area (Å²) in [5, 5.41) is 36.3. The second kappa shape index (κ2) is 28.4. The van der Waals surface area contributed by atoms with Gasteiger partial charge in [-0.3, -0.25) is 28.1 Å². The highest BCUT2D eigenvalue weighted by atomic mass is 32.2. The van der Waals surface area contributed by atoms with E-state index in [-0.39, 0.29) is 53.8 Å². The number of imidazole rings is 1. The van der Waals surface area contributed by atoms with Crippen LogP contribution in [-0.4, -0.2) is 114 Å². The third kappa shape index (κ3) is 21.2. The van der Waals surface area contributed by atoms with Crippen molar-refractivity contribution in [3.05, 3.63) is 61.3 Å². The molecule has 0 bridgehead atoms. The number of nitrogens with one attached hydrogen (secondary N) is 2. The van der Waals surface area contributed by atoms with E-state index in [0.717, 1.165) is 54.7 Å². The van der Waals surface area contributed by atoms with Crippen molar-refractivity contribution in [3.63, 3.8) is 0 Å². The molecule has 2 unspecified atom stereocenters. The van der Waals surface area contributed by atoms with Crippen molar-refractivity contribution in [1.29, 1.82) is 0 Å². The van der Waals surface area contributed by atoms with E-state index in [2.05, 4.69) is 86.8 Å². The van der Waals surface area contributed by atoms with Gasteiger partial charge < -0.3 is 74.1 Å². The monoisotopic (exact) mass is 1040 g/mol. The number of thioether (sulfide) groups is 1. The first-order valence-electron chi connectivity index (χ1n) is 21.2. The van der Waals surface area contributed by atoms with Crippen molar-refractivity contribution < 1.29 is 85.6 Å². The molecule has 68 heavy (non-hydrogen) atoms. The Kier molecular flexibility index (Phi) is 24.5. The number of amides is 2. The lowest BCUT2D eigenvalue weighted by molar-refractivity contribution is -0.347. The molecule has 25 nitrogen and oxygen atoms in total. The molecule has 1 aliphatic rings. The Morgan fingerprint density at radius 2 is 1.57 bits per heavy atom. The summed E-state index contributed by atoms with van der Waals surface area (Å²) in [5.74, 6) is -1.39. The number of ether oxygens (including phenoxy) is 1. The van der Waals surface area contributed by atoms with E-state index >= 15 is 0 Å². The minimum absolute atomic E-state index is 0.0271. The van der Waals surface area contributed by atoms with Crippen molar-refractivity contribution in [2.45, 2.75) is 109 Å². The molecule has 2 aromatic heterocycles. The van der Waals surface area contributed by atoms with Gasteiger partial charge in [0.1, 0.15) is 36.3 Å². The number of aliphatic hydroxyl groups excluding tert-OH is 3. The fourth-order valence-corrected chi connectivity index (χ4v) is 9.49. The molecule has 7 N–H and O–H groups in total. The largest absolute Gasteiger partial charge is 0.790 e. The first kappa shape index (κ1) is 58.8. The Balaban J connectivity index is 1.34. The number of nitrogen functional groups attached to an aromatic ring is 1. The average Bonchev–Trinajstić information content (AvgIpc) is 3.82. The number of aliphatic hydroxyl groups is 3. The molecule has 3 heterocycles. The van der Waals surface area contributed by atoms with Crippen LogP contribution in [-0.2, 0) is 50.7 Å². The van der Waals surface area contributed by atoms with Crippen LogP contribution in [0.3, 0.4) is 0 Å². The summed E-state index contributed by atoms with van der Waals surface area (Å²) in [7, 11) is -17.7. The van der Waals surface area contributed by atoms with Crippen LogP contribution in [0.1, 0.15) is 78.4 Å². The van der Waals surface area contributed by atoms with E-state index in [9.17, 15) is 63.0 Å². The number of carbonyl (C=O) groups is 3. The van der Waals surface area contributed by atoms with Crippen molar-refractivity contribution >= 4 is 69.1 Å². The number of aromatic nitrogens is 4. The van der Waals surface area contributed by atoms with Crippen molar-refractivity contribution in [2.24, 2.45) is 5.41 Å². The second-order valence-electron chi connectivity index (χ2n) is 15.6. The molecule has 0 saturated carbocycles. The van der Waals surface area contributed by atoms with Gasteiger partial charge in [-0.25, -0.2) is 19.3 Å². The number of carbonyl (C=O) groups excluding carboxylic acids is 3. The van der Waals surface area contributed by atoms with E-state index in [4.69, 9.17) is 10.5 Å². The van der Waals surface area contributed by atoms with E-state index in [1.54, 1.807) is 0 Å². The number of fused-ring (bicyclic) bond motifs is 1. The molecule has 0 aromatic carbocycles. The maximum atomic E-state index is 12.6. The van der Waals surface area contributed by atoms with Crippen LogP contribution in [0.25, 0.3) is 11.2 Å². The van der Waals surface area contributed by atoms with Crippen LogP contribution in [0.2, 0.25) is 0 Å². The molecule has 0 radical (unpaired) electrons. The Morgan fingerprint density at radius 1 is 0.941 bits per heavy atom. The zero-order valence-electron chi connectivity index (χ0n) is 37.5. The summed E-state index contributed by atoms with van der Waals surface area (Å²) in [6, 6.07) is 0. The molecule has 382 valence electrons. The molecule has 29 heteroatoms. The fraction of sp³-hybridized carbons (Fsp3) is 0.590. The predicted octanol–water partition coefficient (Wildman–Crippen LogP) is 0.473. The number of rotatable bonds is 31. The highest BCUT2D eigenvalue weighted by Crippen LogP contribution is 2.56. The smallest absolute Gasteiger partial charge is 0.274 e. The van der Waals surface area contributed by atoms with Gasteiger partial charge in [0, 0.05) is 37.1 Å². The summed E-state index contributed by atoms with van der Waals surface area (Å²) >= 11 is 0.952. The molecule has 1 saturated heterocycles. The second-order valence-corrected chi connectivity index (χ2v) is 20.9. The molecule has 3 rings (SSSR count). The molecule has 0 spiro atoms. The predicted molar refractivity (Wildman–Crippen MR) is 239 cm³/mol. The fourth-order valence-electron chi connectivity index (χ4n) is 6.01. The Labute approximate surface area is 397 Å². The summed E-state index contributed by atoms with van der Waals surface area (Å²) in [6.07, 6.45) is 12.7. The summed E-state index contributed by atoms with van der Waals surface area (Å²) < 4.78 is 60.7. The molecule has 0 aliphatic carbocycles. The first-order chi connectivity index (χ1) is 31.9. The highest BCUT2D eigenvalue weighted by molar-refractivity contribution is 8.13. The molecule has 1 fully saturated rings. The lowest BCUT2D eigenvalue weighted by Gasteiger charge is -2.36. The Bertz CT molecular complexity index is 2220. The molecule has 2 amide bonds. The van der Waals surface area contributed by atoms with Gasteiger partial charge >= 0.3 is 0 Å². The quantitative estimate of drug-likeness (QED) is 0.0340. The van der Waals surface area contributed by atoms with Crippen molar-refractivity contribution in [1.82, 2.24) is 30.2 Å². The van der Waals surface area contributed by atoms with Crippen LogP contribution in [0.5, 0.6) is 0 Å². The minimum Gasteiger partial charge on any atom is -0.790 e. The third-order valence-corrected chi connectivity index (χ3v) is 13.4. The maximum Gasteiger partial charge on any atom is 0.274 e. The lowest BCUT2D eigenvalue weighted by atomic mass is 9.87. The summed E-state index contributed by atoms with van der Waals surface area (Å²) in [4.78, 5) is 96.8. The number of phosphoric acid groups is 3.